The van der Waals surface area contributed by atoms with Gasteiger partial charge in [-0.25, -0.2) is 4.79 Å². The van der Waals surface area contributed by atoms with Crippen LogP contribution >= 0.6 is 11.6 Å². The highest BCUT2D eigenvalue weighted by atomic mass is 35.5. The van der Waals surface area contributed by atoms with Gasteiger partial charge in [-0.3, -0.25) is 4.79 Å². The molecule has 0 aromatic heterocycles. The zero-order chi connectivity index (χ0) is 16.3. The molecule has 1 unspecified atom stereocenters. The van der Waals surface area contributed by atoms with Gasteiger partial charge in [0, 0.05) is 5.02 Å². The maximum absolute atomic E-state index is 12.1. The minimum Gasteiger partial charge on any atom is -0.479 e. The fourth-order valence-corrected chi connectivity index (χ4v) is 1.59. The molecular weight excluding hydrogens is 298 g/mol. The second kappa shape index (κ2) is 6.32. The molecule has 0 fully saturated rings. The Morgan fingerprint density at radius 1 is 1.33 bits per heavy atom. The minimum atomic E-state index is -2.04. The molecule has 7 heteroatoms. The molecule has 0 aliphatic carbocycles. The van der Waals surface area contributed by atoms with Gasteiger partial charge >= 0.3 is 5.97 Å². The number of carboxylic acid groups (broad SMARTS) is 1. The van der Waals surface area contributed by atoms with E-state index in [0.29, 0.717) is 10.8 Å². The number of aliphatic carboxylic acids is 1. The first-order chi connectivity index (χ1) is 9.54. The first-order valence-electron chi connectivity index (χ1n) is 6.23. The molecule has 1 atom stereocenters. The molecule has 0 bridgehead atoms. The summed E-state index contributed by atoms with van der Waals surface area (Å²) in [6.07, 6.45) is 0. The van der Waals surface area contributed by atoms with Gasteiger partial charge in [0.15, 0.2) is 11.2 Å². The fraction of sp³-hybridized carbons (Fsp3) is 0.429. The van der Waals surface area contributed by atoms with Crippen molar-refractivity contribution in [3.05, 3.63) is 29.3 Å². The maximum atomic E-state index is 12.1. The van der Waals surface area contributed by atoms with Crippen LogP contribution in [0.2, 0.25) is 5.02 Å². The lowest BCUT2D eigenvalue weighted by atomic mass is 10.1. The first-order valence-corrected chi connectivity index (χ1v) is 6.61. The average Bonchev–Trinajstić information content (AvgIpc) is 2.35. The van der Waals surface area contributed by atoms with Gasteiger partial charge in [0.05, 0.1) is 6.54 Å². The van der Waals surface area contributed by atoms with Crippen molar-refractivity contribution >= 4 is 23.5 Å². The highest BCUT2D eigenvalue weighted by Gasteiger charge is 2.35. The summed E-state index contributed by atoms with van der Waals surface area (Å²) >= 11 is 5.83. The van der Waals surface area contributed by atoms with Crippen molar-refractivity contribution in [3.8, 4) is 5.75 Å². The van der Waals surface area contributed by atoms with Gasteiger partial charge < -0.3 is 20.3 Å². The van der Waals surface area contributed by atoms with Crippen LogP contribution in [-0.4, -0.2) is 39.8 Å². The predicted molar refractivity (Wildman–Crippen MR) is 77.4 cm³/mol. The molecule has 1 aromatic rings. The van der Waals surface area contributed by atoms with Gasteiger partial charge in [0.1, 0.15) is 5.75 Å². The molecule has 6 nitrogen and oxygen atoms in total. The Morgan fingerprint density at radius 3 is 2.48 bits per heavy atom. The number of nitrogens with one attached hydrogen (secondary N) is 1. The van der Waals surface area contributed by atoms with E-state index in [1.165, 1.54) is 13.8 Å². The van der Waals surface area contributed by atoms with Crippen molar-refractivity contribution in [2.24, 2.45) is 0 Å². The summed E-state index contributed by atoms with van der Waals surface area (Å²) in [7, 11) is 0. The van der Waals surface area contributed by atoms with Gasteiger partial charge in [-0.2, -0.15) is 0 Å². The third-order valence-corrected chi connectivity index (χ3v) is 3.00. The van der Waals surface area contributed by atoms with Crippen LogP contribution in [0.5, 0.6) is 5.75 Å². The van der Waals surface area contributed by atoms with Crippen LogP contribution in [0.25, 0.3) is 0 Å². The topological polar surface area (TPSA) is 95.9 Å². The Morgan fingerprint density at radius 2 is 1.95 bits per heavy atom. The summed E-state index contributed by atoms with van der Waals surface area (Å²) in [5, 5.41) is 21.2. The molecule has 3 N–H and O–H groups in total. The summed E-state index contributed by atoms with van der Waals surface area (Å²) in [6.45, 7) is 3.72. The molecule has 0 aliphatic rings. The van der Waals surface area contributed by atoms with E-state index < -0.39 is 29.6 Å². The van der Waals surface area contributed by atoms with E-state index in [1.54, 1.807) is 24.3 Å². The van der Waals surface area contributed by atoms with Gasteiger partial charge in [0.2, 0.25) is 0 Å². The van der Waals surface area contributed by atoms with E-state index in [2.05, 4.69) is 5.32 Å². The number of benzene rings is 1. The molecule has 1 rings (SSSR count). The van der Waals surface area contributed by atoms with Crippen LogP contribution in [0.15, 0.2) is 24.3 Å². The first kappa shape index (κ1) is 17.3. The highest BCUT2D eigenvalue weighted by Crippen LogP contribution is 2.22. The lowest BCUT2D eigenvalue weighted by Gasteiger charge is -2.27. The number of ether oxygens (including phenoxy) is 1. The molecule has 116 valence electrons. The van der Waals surface area contributed by atoms with E-state index in [-0.39, 0.29) is 0 Å². The van der Waals surface area contributed by atoms with Crippen molar-refractivity contribution in [3.63, 3.8) is 0 Å². The fourth-order valence-electron chi connectivity index (χ4n) is 1.41. The van der Waals surface area contributed by atoms with E-state index in [9.17, 15) is 14.7 Å². The van der Waals surface area contributed by atoms with E-state index >= 15 is 0 Å². The smallest absolute Gasteiger partial charge is 0.337 e. The predicted octanol–water partition coefficient (Wildman–Crippen LogP) is 1.45. The molecule has 21 heavy (non-hydrogen) atoms. The molecular formula is C14H18ClNO5. The average molecular weight is 316 g/mol. The van der Waals surface area contributed by atoms with Crippen LogP contribution in [0, 0.1) is 0 Å². The summed E-state index contributed by atoms with van der Waals surface area (Å²) in [5.74, 6) is -1.56. The Labute approximate surface area is 127 Å². The van der Waals surface area contributed by atoms with Crippen molar-refractivity contribution < 1.29 is 24.5 Å². The van der Waals surface area contributed by atoms with Crippen LogP contribution < -0.4 is 10.1 Å². The number of hydrogen-bond donors (Lipinski definition) is 3. The van der Waals surface area contributed by atoms with Crippen molar-refractivity contribution in [1.29, 1.82) is 0 Å². The molecule has 1 aromatic carbocycles. The molecule has 0 heterocycles. The number of carboxylic acids is 1. The standard InChI is InChI=1S/C14H18ClNO5/c1-13(2,21-10-6-4-5-9(15)7-10)11(17)16-8-14(3,20)12(18)19/h4-7,20H,8H2,1-3H3,(H,16,17)(H,18,19). The number of carbonyl (C=O) groups is 2. The number of hydrogen-bond acceptors (Lipinski definition) is 4. The second-order valence-corrected chi connectivity index (χ2v) is 5.77. The Bertz CT molecular complexity index is 542. The van der Waals surface area contributed by atoms with Gasteiger partial charge in [-0.05, 0) is 39.0 Å². The monoisotopic (exact) mass is 315 g/mol. The van der Waals surface area contributed by atoms with E-state index in [0.717, 1.165) is 6.92 Å². The summed E-state index contributed by atoms with van der Waals surface area (Å²) < 4.78 is 5.54. The van der Waals surface area contributed by atoms with Crippen LogP contribution in [-0.2, 0) is 9.59 Å². The van der Waals surface area contributed by atoms with Crippen LogP contribution in [0.4, 0.5) is 0 Å². The lowest BCUT2D eigenvalue weighted by Crippen LogP contribution is -2.53. The summed E-state index contributed by atoms with van der Waals surface area (Å²) in [5.41, 5.74) is -3.29. The van der Waals surface area contributed by atoms with E-state index in [4.69, 9.17) is 21.4 Å². The molecule has 0 saturated carbocycles. The lowest BCUT2D eigenvalue weighted by molar-refractivity contribution is -0.156. The van der Waals surface area contributed by atoms with Crippen molar-refractivity contribution in [1.82, 2.24) is 5.32 Å². The number of aliphatic hydroxyl groups is 1. The van der Waals surface area contributed by atoms with Gasteiger partial charge in [-0.1, -0.05) is 17.7 Å². The van der Waals surface area contributed by atoms with Crippen molar-refractivity contribution in [2.45, 2.75) is 32.0 Å². The highest BCUT2D eigenvalue weighted by molar-refractivity contribution is 6.30. The number of carbonyl (C=O) groups excluding carboxylic acids is 1. The van der Waals surface area contributed by atoms with Gasteiger partial charge in [0.25, 0.3) is 5.91 Å². The molecule has 1 amide bonds. The largest absolute Gasteiger partial charge is 0.479 e. The maximum Gasteiger partial charge on any atom is 0.337 e. The summed E-state index contributed by atoms with van der Waals surface area (Å²) in [6, 6.07) is 6.56. The minimum absolute atomic E-state index is 0.410. The number of halogens is 1. The quantitative estimate of drug-likeness (QED) is 0.738. The third-order valence-electron chi connectivity index (χ3n) is 2.77. The zero-order valence-corrected chi connectivity index (χ0v) is 12.8. The molecule has 0 radical (unpaired) electrons. The Hall–Kier alpha value is -1.79. The SMILES string of the molecule is CC(O)(CNC(=O)C(C)(C)Oc1cccc(Cl)c1)C(=O)O. The Kier molecular flexibility index (Phi) is 5.20. The van der Waals surface area contributed by atoms with Crippen molar-refractivity contribution in [2.75, 3.05) is 6.54 Å². The number of rotatable bonds is 6. The van der Waals surface area contributed by atoms with Gasteiger partial charge in [-0.15, -0.1) is 0 Å². The van der Waals surface area contributed by atoms with E-state index in [1.807, 2.05) is 0 Å². The molecule has 0 saturated heterocycles. The summed E-state index contributed by atoms with van der Waals surface area (Å²) in [4.78, 5) is 22.8. The zero-order valence-electron chi connectivity index (χ0n) is 12.0. The second-order valence-electron chi connectivity index (χ2n) is 5.33. The van der Waals surface area contributed by atoms with Crippen LogP contribution in [0.3, 0.4) is 0 Å². The Balaban J connectivity index is 2.69. The van der Waals surface area contributed by atoms with Crippen LogP contribution in [0.1, 0.15) is 20.8 Å². The normalized spacial score (nSPS) is 14.1. The number of amides is 1. The molecule has 0 aliphatic heterocycles. The third kappa shape index (κ3) is 4.91. The molecule has 0 spiro atoms.